The van der Waals surface area contributed by atoms with Gasteiger partial charge in [0.15, 0.2) is 0 Å². The number of ether oxygens (including phenoxy) is 2. The van der Waals surface area contributed by atoms with Gasteiger partial charge >= 0.3 is 12.1 Å². The quantitative estimate of drug-likeness (QED) is 0.465. The number of carbonyl (C=O) groups excluding carboxylic acids is 2. The molecule has 0 saturated carbocycles. The smallest absolute Gasteiger partial charge is 0.407 e. The summed E-state index contributed by atoms with van der Waals surface area (Å²) in [6.07, 6.45) is -1.35. The lowest BCUT2D eigenvalue weighted by molar-refractivity contribution is -0.140. The third-order valence-electron chi connectivity index (χ3n) is 6.12. The van der Waals surface area contributed by atoms with Crippen LogP contribution in [0.15, 0.2) is 48.5 Å². The van der Waals surface area contributed by atoms with Gasteiger partial charge in [0.2, 0.25) is 5.91 Å². The molecule has 0 aromatic heterocycles. The SMILES string of the molecule is COC(CNC(=O)CC(NC(=O)OCC1c2ccccc2-c2ccccc21)C(C)C)CC(=O)O. The Kier molecular flexibility index (Phi) is 8.65. The molecule has 0 aliphatic heterocycles. The van der Waals surface area contributed by atoms with E-state index in [1.807, 2.05) is 38.1 Å². The maximum absolute atomic E-state index is 12.6. The van der Waals surface area contributed by atoms with Crippen molar-refractivity contribution in [3.8, 4) is 11.1 Å². The molecule has 0 radical (unpaired) electrons. The van der Waals surface area contributed by atoms with Gasteiger partial charge in [-0.2, -0.15) is 0 Å². The van der Waals surface area contributed by atoms with Crippen LogP contribution < -0.4 is 10.6 Å². The summed E-state index contributed by atoms with van der Waals surface area (Å²) in [7, 11) is 1.40. The molecule has 2 unspecified atom stereocenters. The van der Waals surface area contributed by atoms with Crippen molar-refractivity contribution in [2.24, 2.45) is 5.92 Å². The van der Waals surface area contributed by atoms with Crippen LogP contribution >= 0.6 is 0 Å². The van der Waals surface area contributed by atoms with Gasteiger partial charge in [-0.25, -0.2) is 4.79 Å². The lowest BCUT2D eigenvalue weighted by Crippen LogP contribution is -2.44. The number of alkyl carbamates (subject to hydrolysis) is 1. The van der Waals surface area contributed by atoms with E-state index in [1.54, 1.807) is 0 Å². The average Bonchev–Trinajstić information content (AvgIpc) is 3.13. The van der Waals surface area contributed by atoms with Crippen LogP contribution in [-0.4, -0.2) is 55.5 Å². The summed E-state index contributed by atoms with van der Waals surface area (Å²) < 4.78 is 10.7. The minimum Gasteiger partial charge on any atom is -0.481 e. The summed E-state index contributed by atoms with van der Waals surface area (Å²) >= 11 is 0. The number of hydrogen-bond acceptors (Lipinski definition) is 5. The van der Waals surface area contributed by atoms with Gasteiger partial charge < -0.3 is 25.2 Å². The van der Waals surface area contributed by atoms with Crippen molar-refractivity contribution in [3.05, 3.63) is 59.7 Å². The molecule has 0 saturated heterocycles. The molecule has 3 N–H and O–H groups in total. The number of methoxy groups -OCH3 is 1. The van der Waals surface area contributed by atoms with Crippen LogP contribution in [0.1, 0.15) is 43.7 Å². The molecule has 1 aliphatic rings. The van der Waals surface area contributed by atoms with E-state index in [0.717, 1.165) is 22.3 Å². The number of rotatable bonds is 11. The first-order valence-electron chi connectivity index (χ1n) is 11.4. The zero-order valence-corrected chi connectivity index (χ0v) is 19.7. The Morgan fingerprint density at radius 3 is 2.09 bits per heavy atom. The number of carbonyl (C=O) groups is 3. The van der Waals surface area contributed by atoms with Gasteiger partial charge in [-0.3, -0.25) is 9.59 Å². The fourth-order valence-corrected chi connectivity index (χ4v) is 4.18. The fraction of sp³-hybridized carbons (Fsp3) is 0.423. The second-order valence-corrected chi connectivity index (χ2v) is 8.78. The van der Waals surface area contributed by atoms with Crippen LogP contribution in [0.4, 0.5) is 4.79 Å². The second kappa shape index (κ2) is 11.7. The summed E-state index contributed by atoms with van der Waals surface area (Å²) in [5.41, 5.74) is 4.57. The number of carboxylic acid groups (broad SMARTS) is 1. The van der Waals surface area contributed by atoms with E-state index >= 15 is 0 Å². The highest BCUT2D eigenvalue weighted by molar-refractivity contribution is 5.79. The maximum Gasteiger partial charge on any atom is 0.407 e. The van der Waals surface area contributed by atoms with E-state index < -0.39 is 24.2 Å². The van der Waals surface area contributed by atoms with Crippen molar-refractivity contribution in [2.75, 3.05) is 20.3 Å². The number of carboxylic acids is 1. The molecule has 0 heterocycles. The van der Waals surface area contributed by atoms with Crippen molar-refractivity contribution in [1.29, 1.82) is 0 Å². The number of aliphatic carboxylic acids is 1. The van der Waals surface area contributed by atoms with E-state index in [4.69, 9.17) is 14.6 Å². The van der Waals surface area contributed by atoms with E-state index in [9.17, 15) is 14.4 Å². The monoisotopic (exact) mass is 468 g/mol. The summed E-state index contributed by atoms with van der Waals surface area (Å²) in [5, 5.41) is 14.4. The van der Waals surface area contributed by atoms with Crippen molar-refractivity contribution < 1.29 is 29.0 Å². The standard InChI is InChI=1S/C26H32N2O6/c1-16(2)23(13-24(29)27-14-17(33-3)12-25(30)31)28-26(32)34-15-22-20-10-6-4-8-18(20)19-9-5-7-11-21(19)22/h4-11,16-17,22-23H,12-15H2,1-3H3,(H,27,29)(H,28,32)(H,30,31). The van der Waals surface area contributed by atoms with Crippen LogP contribution in [0.25, 0.3) is 11.1 Å². The molecule has 1 aliphatic carbocycles. The van der Waals surface area contributed by atoms with Crippen LogP contribution in [0.3, 0.4) is 0 Å². The molecule has 3 rings (SSSR count). The molecule has 34 heavy (non-hydrogen) atoms. The summed E-state index contributed by atoms with van der Waals surface area (Å²) in [6.45, 7) is 4.09. The lowest BCUT2D eigenvalue weighted by Gasteiger charge is -2.23. The molecule has 0 fully saturated rings. The summed E-state index contributed by atoms with van der Waals surface area (Å²) in [5.74, 6) is -1.36. The molecule has 2 atom stereocenters. The van der Waals surface area contributed by atoms with Crippen LogP contribution in [0, 0.1) is 5.92 Å². The fourth-order valence-electron chi connectivity index (χ4n) is 4.18. The van der Waals surface area contributed by atoms with Gasteiger partial charge in [-0.05, 0) is 28.2 Å². The Morgan fingerprint density at radius 1 is 0.971 bits per heavy atom. The van der Waals surface area contributed by atoms with E-state index in [-0.39, 0.29) is 43.7 Å². The molecule has 2 aromatic carbocycles. The number of hydrogen-bond donors (Lipinski definition) is 3. The average molecular weight is 469 g/mol. The van der Waals surface area contributed by atoms with Crippen molar-refractivity contribution >= 4 is 18.0 Å². The Balaban J connectivity index is 1.54. The maximum atomic E-state index is 12.6. The Hall–Kier alpha value is -3.39. The molecular weight excluding hydrogens is 436 g/mol. The van der Waals surface area contributed by atoms with Crippen molar-refractivity contribution in [3.63, 3.8) is 0 Å². The first-order valence-corrected chi connectivity index (χ1v) is 11.4. The highest BCUT2D eigenvalue weighted by atomic mass is 16.5. The van der Waals surface area contributed by atoms with Gasteiger partial charge in [0.05, 0.1) is 12.5 Å². The van der Waals surface area contributed by atoms with E-state index in [1.165, 1.54) is 7.11 Å². The zero-order valence-electron chi connectivity index (χ0n) is 19.7. The minimum atomic E-state index is -1.00. The number of fused-ring (bicyclic) bond motifs is 3. The Labute approximate surface area is 199 Å². The van der Waals surface area contributed by atoms with Gasteiger partial charge in [0, 0.05) is 32.0 Å². The van der Waals surface area contributed by atoms with Crippen molar-refractivity contribution in [1.82, 2.24) is 10.6 Å². The first-order chi connectivity index (χ1) is 16.3. The molecule has 8 nitrogen and oxygen atoms in total. The topological polar surface area (TPSA) is 114 Å². The third-order valence-corrected chi connectivity index (χ3v) is 6.12. The van der Waals surface area contributed by atoms with Gasteiger partial charge in [0.1, 0.15) is 6.61 Å². The van der Waals surface area contributed by atoms with Crippen LogP contribution in [0.5, 0.6) is 0 Å². The normalized spacial score (nSPS) is 14.1. The molecule has 2 aromatic rings. The number of nitrogens with one attached hydrogen (secondary N) is 2. The Morgan fingerprint density at radius 2 is 1.56 bits per heavy atom. The van der Waals surface area contributed by atoms with E-state index in [2.05, 4.69) is 34.9 Å². The highest BCUT2D eigenvalue weighted by Crippen LogP contribution is 2.44. The molecule has 0 spiro atoms. The number of benzene rings is 2. The predicted octanol–water partition coefficient (Wildman–Crippen LogP) is 3.55. The predicted molar refractivity (Wildman–Crippen MR) is 128 cm³/mol. The van der Waals surface area contributed by atoms with Gasteiger partial charge in [0.25, 0.3) is 0 Å². The lowest BCUT2D eigenvalue weighted by atomic mass is 9.98. The molecule has 0 bridgehead atoms. The van der Waals surface area contributed by atoms with Crippen LogP contribution in [0.2, 0.25) is 0 Å². The summed E-state index contributed by atoms with van der Waals surface area (Å²) in [6, 6.07) is 15.8. The molecule has 2 amide bonds. The Bertz CT molecular complexity index is 976. The molecular formula is C26H32N2O6. The highest BCUT2D eigenvalue weighted by Gasteiger charge is 2.29. The van der Waals surface area contributed by atoms with Gasteiger partial charge in [-0.1, -0.05) is 62.4 Å². The first kappa shape index (κ1) is 25.2. The van der Waals surface area contributed by atoms with Gasteiger partial charge in [-0.15, -0.1) is 0 Å². The molecule has 8 heteroatoms. The van der Waals surface area contributed by atoms with Crippen LogP contribution in [-0.2, 0) is 19.1 Å². The largest absolute Gasteiger partial charge is 0.481 e. The second-order valence-electron chi connectivity index (χ2n) is 8.78. The van der Waals surface area contributed by atoms with E-state index in [0.29, 0.717) is 0 Å². The zero-order chi connectivity index (χ0) is 24.7. The van der Waals surface area contributed by atoms with Crippen molar-refractivity contribution in [2.45, 2.75) is 44.8 Å². The minimum absolute atomic E-state index is 0.0107. The third kappa shape index (κ3) is 6.35. The summed E-state index contributed by atoms with van der Waals surface area (Å²) in [4.78, 5) is 35.8. The molecule has 182 valence electrons. The number of amides is 2.